The van der Waals surface area contributed by atoms with Gasteiger partial charge in [0.2, 0.25) is 0 Å². The van der Waals surface area contributed by atoms with Crippen LogP contribution in [0.1, 0.15) is 15.9 Å². The van der Waals surface area contributed by atoms with Gasteiger partial charge in [-0.25, -0.2) is 0 Å². The Kier molecular flexibility index (Phi) is 5.06. The standard InChI is InChI=1S/C20H16N2O2S/c21-19(25)14-6-8-15(9-7-14)20(23)22-16-10-12-18(13-11-16)24-17-4-2-1-3-5-17/h1-13H,(H2,21,25)(H,22,23). The van der Waals surface area contributed by atoms with Gasteiger partial charge in [0.15, 0.2) is 0 Å². The van der Waals surface area contributed by atoms with Crippen molar-refractivity contribution >= 4 is 28.8 Å². The summed E-state index contributed by atoms with van der Waals surface area (Å²) in [7, 11) is 0. The van der Waals surface area contributed by atoms with Gasteiger partial charge in [-0.1, -0.05) is 42.5 Å². The summed E-state index contributed by atoms with van der Waals surface area (Å²) >= 11 is 4.90. The van der Waals surface area contributed by atoms with Crippen LogP contribution in [0.5, 0.6) is 11.5 Å². The van der Waals surface area contributed by atoms with Crippen LogP contribution in [0.4, 0.5) is 5.69 Å². The Bertz CT molecular complexity index is 876. The van der Waals surface area contributed by atoms with Gasteiger partial charge >= 0.3 is 0 Å². The molecule has 3 aromatic carbocycles. The lowest BCUT2D eigenvalue weighted by Crippen LogP contribution is -2.13. The van der Waals surface area contributed by atoms with Crippen LogP contribution in [-0.2, 0) is 0 Å². The third-order valence-electron chi connectivity index (χ3n) is 3.52. The van der Waals surface area contributed by atoms with E-state index in [-0.39, 0.29) is 5.91 Å². The van der Waals surface area contributed by atoms with E-state index in [1.807, 2.05) is 30.3 Å². The lowest BCUT2D eigenvalue weighted by molar-refractivity contribution is 0.102. The molecule has 0 unspecified atom stereocenters. The van der Waals surface area contributed by atoms with Gasteiger partial charge < -0.3 is 15.8 Å². The molecule has 0 aliphatic rings. The fourth-order valence-corrected chi connectivity index (χ4v) is 2.36. The molecule has 0 atom stereocenters. The van der Waals surface area contributed by atoms with E-state index in [2.05, 4.69) is 5.32 Å². The predicted octanol–water partition coefficient (Wildman–Crippen LogP) is 4.37. The molecule has 3 rings (SSSR count). The smallest absolute Gasteiger partial charge is 0.255 e. The molecule has 0 aromatic heterocycles. The highest BCUT2D eigenvalue weighted by Gasteiger charge is 2.07. The van der Waals surface area contributed by atoms with E-state index in [1.54, 1.807) is 48.5 Å². The second kappa shape index (κ2) is 7.59. The highest BCUT2D eigenvalue weighted by atomic mass is 32.1. The van der Waals surface area contributed by atoms with Crippen molar-refractivity contribution in [3.63, 3.8) is 0 Å². The average Bonchev–Trinajstić information content (AvgIpc) is 2.64. The van der Waals surface area contributed by atoms with Crippen LogP contribution in [0.2, 0.25) is 0 Å². The summed E-state index contributed by atoms with van der Waals surface area (Å²) in [6.45, 7) is 0. The molecular formula is C20H16N2O2S. The van der Waals surface area contributed by atoms with E-state index in [4.69, 9.17) is 22.7 Å². The largest absolute Gasteiger partial charge is 0.457 e. The van der Waals surface area contributed by atoms with Gasteiger partial charge in [-0.05, 0) is 48.5 Å². The first kappa shape index (κ1) is 16.7. The molecule has 0 aliphatic heterocycles. The molecule has 3 aromatic rings. The first-order chi connectivity index (χ1) is 12.1. The van der Waals surface area contributed by atoms with Gasteiger partial charge in [0, 0.05) is 16.8 Å². The number of rotatable bonds is 5. The van der Waals surface area contributed by atoms with Crippen LogP contribution >= 0.6 is 12.2 Å². The molecule has 0 radical (unpaired) electrons. The van der Waals surface area contributed by atoms with Crippen LogP contribution in [0, 0.1) is 0 Å². The number of nitrogens with one attached hydrogen (secondary N) is 1. The summed E-state index contributed by atoms with van der Waals surface area (Å²) in [4.78, 5) is 12.6. The number of para-hydroxylation sites is 1. The highest BCUT2D eigenvalue weighted by Crippen LogP contribution is 2.22. The normalized spacial score (nSPS) is 10.1. The number of amides is 1. The lowest BCUT2D eigenvalue weighted by atomic mass is 10.1. The summed E-state index contributed by atoms with van der Waals surface area (Å²) in [5.74, 6) is 1.26. The Labute approximate surface area is 151 Å². The topological polar surface area (TPSA) is 64.4 Å². The number of carbonyl (C=O) groups is 1. The van der Waals surface area contributed by atoms with Gasteiger partial charge in [0.1, 0.15) is 16.5 Å². The maximum atomic E-state index is 12.3. The molecule has 0 heterocycles. The number of anilines is 1. The minimum Gasteiger partial charge on any atom is -0.457 e. The van der Waals surface area contributed by atoms with Crippen molar-refractivity contribution < 1.29 is 9.53 Å². The van der Waals surface area contributed by atoms with Crippen molar-refractivity contribution in [3.05, 3.63) is 90.0 Å². The number of carbonyl (C=O) groups excluding carboxylic acids is 1. The minimum absolute atomic E-state index is 0.203. The Morgan fingerprint density at radius 1 is 0.800 bits per heavy atom. The van der Waals surface area contributed by atoms with Crippen LogP contribution in [0.15, 0.2) is 78.9 Å². The van der Waals surface area contributed by atoms with E-state index < -0.39 is 0 Å². The number of hydrogen-bond donors (Lipinski definition) is 2. The molecule has 4 nitrogen and oxygen atoms in total. The summed E-state index contributed by atoms with van der Waals surface area (Å²) in [5, 5.41) is 2.84. The quantitative estimate of drug-likeness (QED) is 0.672. The summed E-state index contributed by atoms with van der Waals surface area (Å²) in [6.07, 6.45) is 0. The van der Waals surface area contributed by atoms with Gasteiger partial charge in [-0.2, -0.15) is 0 Å². The zero-order chi connectivity index (χ0) is 17.6. The molecule has 1 amide bonds. The van der Waals surface area contributed by atoms with Crippen molar-refractivity contribution in [1.29, 1.82) is 0 Å². The summed E-state index contributed by atoms with van der Waals surface area (Å²) in [5.41, 5.74) is 7.50. The third-order valence-corrected chi connectivity index (χ3v) is 3.76. The van der Waals surface area contributed by atoms with Crippen LogP contribution in [-0.4, -0.2) is 10.9 Å². The highest BCUT2D eigenvalue weighted by molar-refractivity contribution is 7.80. The van der Waals surface area contributed by atoms with Crippen molar-refractivity contribution in [2.75, 3.05) is 5.32 Å². The van der Waals surface area contributed by atoms with Gasteiger partial charge in [-0.3, -0.25) is 4.79 Å². The predicted molar refractivity (Wildman–Crippen MR) is 103 cm³/mol. The first-order valence-electron chi connectivity index (χ1n) is 7.66. The van der Waals surface area contributed by atoms with Crippen LogP contribution in [0.3, 0.4) is 0 Å². The van der Waals surface area contributed by atoms with Crippen molar-refractivity contribution in [2.45, 2.75) is 0 Å². The molecule has 0 aliphatic carbocycles. The van der Waals surface area contributed by atoms with E-state index in [9.17, 15) is 4.79 Å². The van der Waals surface area contributed by atoms with Crippen LogP contribution < -0.4 is 15.8 Å². The molecule has 25 heavy (non-hydrogen) atoms. The molecular weight excluding hydrogens is 332 g/mol. The number of benzene rings is 3. The molecule has 5 heteroatoms. The molecule has 0 fully saturated rings. The zero-order valence-corrected chi connectivity index (χ0v) is 14.1. The SMILES string of the molecule is NC(=S)c1ccc(C(=O)Nc2ccc(Oc3ccccc3)cc2)cc1. The monoisotopic (exact) mass is 348 g/mol. The number of hydrogen-bond acceptors (Lipinski definition) is 3. The van der Waals surface area contributed by atoms with Gasteiger partial charge in [0.05, 0.1) is 0 Å². The maximum absolute atomic E-state index is 12.3. The van der Waals surface area contributed by atoms with E-state index >= 15 is 0 Å². The molecule has 0 saturated heterocycles. The molecule has 0 bridgehead atoms. The van der Waals surface area contributed by atoms with Crippen molar-refractivity contribution in [1.82, 2.24) is 0 Å². The maximum Gasteiger partial charge on any atom is 0.255 e. The van der Waals surface area contributed by atoms with Crippen molar-refractivity contribution in [3.8, 4) is 11.5 Å². The Balaban J connectivity index is 1.64. The number of ether oxygens (including phenoxy) is 1. The summed E-state index contributed by atoms with van der Waals surface area (Å²) < 4.78 is 5.72. The number of thiocarbonyl (C=S) groups is 1. The number of nitrogens with two attached hydrogens (primary N) is 1. The third kappa shape index (κ3) is 4.43. The molecule has 124 valence electrons. The van der Waals surface area contributed by atoms with Crippen LogP contribution in [0.25, 0.3) is 0 Å². The fraction of sp³-hybridized carbons (Fsp3) is 0. The molecule has 0 spiro atoms. The summed E-state index contributed by atoms with van der Waals surface area (Å²) in [6, 6.07) is 23.5. The second-order valence-electron chi connectivity index (χ2n) is 5.34. The van der Waals surface area contributed by atoms with E-state index in [1.165, 1.54) is 0 Å². The Hall–Kier alpha value is -3.18. The van der Waals surface area contributed by atoms with Gasteiger partial charge in [0.25, 0.3) is 5.91 Å². The molecule has 0 saturated carbocycles. The minimum atomic E-state index is -0.203. The van der Waals surface area contributed by atoms with E-state index in [0.717, 1.165) is 11.3 Å². The van der Waals surface area contributed by atoms with Crippen molar-refractivity contribution in [2.24, 2.45) is 5.73 Å². The Morgan fingerprint density at radius 2 is 1.36 bits per heavy atom. The van der Waals surface area contributed by atoms with Gasteiger partial charge in [-0.15, -0.1) is 0 Å². The molecule has 3 N–H and O–H groups in total. The average molecular weight is 348 g/mol. The zero-order valence-electron chi connectivity index (χ0n) is 13.3. The Morgan fingerprint density at radius 3 is 1.96 bits per heavy atom. The lowest BCUT2D eigenvalue weighted by Gasteiger charge is -2.08. The second-order valence-corrected chi connectivity index (χ2v) is 5.78. The first-order valence-corrected chi connectivity index (χ1v) is 8.07. The fourth-order valence-electron chi connectivity index (χ4n) is 2.22. The van der Waals surface area contributed by atoms with E-state index in [0.29, 0.717) is 22.0 Å².